The molecule has 0 radical (unpaired) electrons. The molecule has 2 rings (SSSR count). The molecule has 1 aromatic rings. The number of benzene rings is 1. The number of halogens is 1. The maximum atomic E-state index is 14.0. The van der Waals surface area contributed by atoms with Gasteiger partial charge in [0, 0.05) is 30.7 Å². The topological polar surface area (TPSA) is 24.5 Å². The quantitative estimate of drug-likeness (QED) is 0.873. The minimum atomic E-state index is -0.119. The van der Waals surface area contributed by atoms with Crippen LogP contribution >= 0.6 is 0 Å². The van der Waals surface area contributed by atoms with Crippen LogP contribution in [0.5, 0.6) is 0 Å². The lowest BCUT2D eigenvalue weighted by atomic mass is 10.0. The van der Waals surface area contributed by atoms with E-state index in [9.17, 15) is 4.39 Å². The molecule has 3 nitrogen and oxygen atoms in total. The lowest BCUT2D eigenvalue weighted by Gasteiger charge is -2.37. The van der Waals surface area contributed by atoms with Crippen LogP contribution in [0.3, 0.4) is 0 Å². The van der Waals surface area contributed by atoms with Crippen molar-refractivity contribution in [2.45, 2.75) is 45.4 Å². The van der Waals surface area contributed by atoms with Gasteiger partial charge < -0.3 is 10.1 Å². The molecule has 0 bridgehead atoms. The second-order valence-electron chi connectivity index (χ2n) is 5.91. The molecular weight excluding hydrogens is 267 g/mol. The summed E-state index contributed by atoms with van der Waals surface area (Å²) in [6.07, 6.45) is 1.19. The van der Waals surface area contributed by atoms with Gasteiger partial charge in [-0.1, -0.05) is 25.1 Å². The van der Waals surface area contributed by atoms with E-state index in [4.69, 9.17) is 4.74 Å². The van der Waals surface area contributed by atoms with Crippen LogP contribution in [0.4, 0.5) is 4.39 Å². The van der Waals surface area contributed by atoms with Crippen LogP contribution in [0.25, 0.3) is 0 Å². The average Bonchev–Trinajstić information content (AvgIpc) is 2.47. The average molecular weight is 294 g/mol. The van der Waals surface area contributed by atoms with Gasteiger partial charge in [-0.15, -0.1) is 0 Å². The highest BCUT2D eigenvalue weighted by atomic mass is 19.1. The molecule has 4 heteroatoms. The molecule has 1 aliphatic heterocycles. The van der Waals surface area contributed by atoms with Crippen LogP contribution in [0.2, 0.25) is 0 Å². The molecule has 0 saturated carbocycles. The highest BCUT2D eigenvalue weighted by molar-refractivity contribution is 5.21. The van der Waals surface area contributed by atoms with E-state index < -0.39 is 0 Å². The summed E-state index contributed by atoms with van der Waals surface area (Å²) in [5, 5.41) is 3.41. The fourth-order valence-electron chi connectivity index (χ4n) is 2.95. The number of nitrogens with one attached hydrogen (secondary N) is 1. The third kappa shape index (κ3) is 4.50. The zero-order chi connectivity index (χ0) is 15.2. The monoisotopic (exact) mass is 294 g/mol. The second-order valence-corrected chi connectivity index (χ2v) is 5.91. The summed E-state index contributed by atoms with van der Waals surface area (Å²) in [5.41, 5.74) is 0.772. The lowest BCUT2D eigenvalue weighted by Crippen LogP contribution is -2.48. The van der Waals surface area contributed by atoms with E-state index in [0.717, 1.165) is 38.2 Å². The van der Waals surface area contributed by atoms with Crippen LogP contribution in [0.15, 0.2) is 24.3 Å². The van der Waals surface area contributed by atoms with Gasteiger partial charge in [-0.25, -0.2) is 4.39 Å². The lowest BCUT2D eigenvalue weighted by molar-refractivity contribution is -0.0502. The molecule has 0 aliphatic carbocycles. The number of hydrogen-bond acceptors (Lipinski definition) is 3. The summed E-state index contributed by atoms with van der Waals surface area (Å²) < 4.78 is 19.7. The SMILES string of the molecule is CCNC(CCN1CC(C)OCC1C)c1ccccc1F. The van der Waals surface area contributed by atoms with E-state index in [1.165, 1.54) is 0 Å². The van der Waals surface area contributed by atoms with Crippen molar-refractivity contribution >= 4 is 0 Å². The molecule has 0 spiro atoms. The Morgan fingerprint density at radius 1 is 1.38 bits per heavy atom. The van der Waals surface area contributed by atoms with Crippen LogP contribution in [-0.2, 0) is 4.74 Å². The van der Waals surface area contributed by atoms with E-state index >= 15 is 0 Å². The Hall–Kier alpha value is -0.970. The van der Waals surface area contributed by atoms with E-state index in [2.05, 4.69) is 31.0 Å². The van der Waals surface area contributed by atoms with E-state index in [-0.39, 0.29) is 18.0 Å². The zero-order valence-corrected chi connectivity index (χ0v) is 13.3. The molecule has 118 valence electrons. The Kier molecular flexibility index (Phi) is 6.15. The molecule has 1 N–H and O–H groups in total. The minimum Gasteiger partial charge on any atom is -0.376 e. The van der Waals surface area contributed by atoms with Gasteiger partial charge in [-0.2, -0.15) is 0 Å². The molecule has 0 amide bonds. The molecule has 3 unspecified atom stereocenters. The first-order valence-electron chi connectivity index (χ1n) is 7.95. The van der Waals surface area contributed by atoms with Crippen molar-refractivity contribution in [3.05, 3.63) is 35.6 Å². The summed E-state index contributed by atoms with van der Waals surface area (Å²) in [6, 6.07) is 7.58. The predicted molar refractivity (Wildman–Crippen MR) is 83.9 cm³/mol. The highest BCUT2D eigenvalue weighted by Gasteiger charge is 2.24. The second kappa shape index (κ2) is 7.87. The van der Waals surface area contributed by atoms with Crippen LogP contribution in [0.1, 0.15) is 38.8 Å². The van der Waals surface area contributed by atoms with E-state index in [1.54, 1.807) is 12.1 Å². The molecule has 1 aromatic carbocycles. The number of ether oxygens (including phenoxy) is 1. The van der Waals surface area contributed by atoms with Crippen LogP contribution in [-0.4, -0.2) is 43.3 Å². The first-order chi connectivity index (χ1) is 10.1. The van der Waals surface area contributed by atoms with Gasteiger partial charge in [-0.05, 0) is 32.9 Å². The standard InChI is InChI=1S/C17H27FN2O/c1-4-19-17(15-7-5-6-8-16(15)18)9-10-20-11-14(3)21-12-13(20)2/h5-8,13-14,17,19H,4,9-12H2,1-3H3. The molecule has 1 aliphatic rings. The Labute approximate surface area is 127 Å². The number of rotatable bonds is 6. The van der Waals surface area contributed by atoms with Crippen molar-refractivity contribution in [1.82, 2.24) is 10.2 Å². The van der Waals surface area contributed by atoms with Gasteiger partial charge in [0.1, 0.15) is 5.82 Å². The summed E-state index contributed by atoms with van der Waals surface area (Å²) in [7, 11) is 0. The summed E-state index contributed by atoms with van der Waals surface area (Å²) in [4.78, 5) is 2.44. The minimum absolute atomic E-state index is 0.0709. The molecule has 1 saturated heterocycles. The van der Waals surface area contributed by atoms with Gasteiger partial charge in [-0.3, -0.25) is 4.90 Å². The normalized spacial score (nSPS) is 25.0. The maximum Gasteiger partial charge on any atom is 0.127 e. The summed E-state index contributed by atoms with van der Waals surface area (Å²) in [6.45, 7) is 9.90. The predicted octanol–water partition coefficient (Wildman–Crippen LogP) is 2.98. The summed E-state index contributed by atoms with van der Waals surface area (Å²) in [5.74, 6) is -0.119. The van der Waals surface area contributed by atoms with Gasteiger partial charge >= 0.3 is 0 Å². The van der Waals surface area contributed by atoms with E-state index in [0.29, 0.717) is 6.04 Å². The number of morpholine rings is 1. The Morgan fingerprint density at radius 2 is 2.14 bits per heavy atom. The molecule has 21 heavy (non-hydrogen) atoms. The van der Waals surface area contributed by atoms with Gasteiger partial charge in [0.15, 0.2) is 0 Å². The highest BCUT2D eigenvalue weighted by Crippen LogP contribution is 2.22. The Balaban J connectivity index is 1.98. The van der Waals surface area contributed by atoms with E-state index in [1.807, 2.05) is 12.1 Å². The third-order valence-corrected chi connectivity index (χ3v) is 4.17. The van der Waals surface area contributed by atoms with Crippen molar-refractivity contribution in [1.29, 1.82) is 0 Å². The third-order valence-electron chi connectivity index (χ3n) is 4.17. The zero-order valence-electron chi connectivity index (χ0n) is 13.3. The van der Waals surface area contributed by atoms with Gasteiger partial charge in [0.2, 0.25) is 0 Å². The summed E-state index contributed by atoms with van der Waals surface area (Å²) >= 11 is 0. The first kappa shape index (κ1) is 16.4. The van der Waals surface area contributed by atoms with Crippen molar-refractivity contribution in [2.75, 3.05) is 26.2 Å². The maximum absolute atomic E-state index is 14.0. The Morgan fingerprint density at radius 3 is 2.86 bits per heavy atom. The van der Waals surface area contributed by atoms with Crippen LogP contribution in [0, 0.1) is 5.82 Å². The van der Waals surface area contributed by atoms with Crippen LogP contribution < -0.4 is 5.32 Å². The van der Waals surface area contributed by atoms with Crippen molar-refractivity contribution in [3.8, 4) is 0 Å². The number of hydrogen-bond donors (Lipinski definition) is 1. The smallest absolute Gasteiger partial charge is 0.127 e. The molecule has 1 fully saturated rings. The molecular formula is C17H27FN2O. The van der Waals surface area contributed by atoms with Crippen molar-refractivity contribution in [2.24, 2.45) is 0 Å². The molecule has 1 heterocycles. The fourth-order valence-corrected chi connectivity index (χ4v) is 2.95. The fraction of sp³-hybridized carbons (Fsp3) is 0.647. The largest absolute Gasteiger partial charge is 0.376 e. The molecule has 0 aromatic heterocycles. The van der Waals surface area contributed by atoms with Crippen molar-refractivity contribution in [3.63, 3.8) is 0 Å². The van der Waals surface area contributed by atoms with Crippen molar-refractivity contribution < 1.29 is 9.13 Å². The molecule has 3 atom stereocenters. The van der Waals surface area contributed by atoms with Gasteiger partial charge in [0.25, 0.3) is 0 Å². The van der Waals surface area contributed by atoms with Gasteiger partial charge in [0.05, 0.1) is 12.7 Å². The Bertz CT molecular complexity index is 441. The number of nitrogens with zero attached hydrogens (tertiary/aromatic N) is 1. The first-order valence-corrected chi connectivity index (χ1v) is 7.95.